The molecule has 2 aromatic rings. The van der Waals surface area contributed by atoms with Gasteiger partial charge in [-0.3, -0.25) is 0 Å². The minimum absolute atomic E-state index is 0.753. The van der Waals surface area contributed by atoms with E-state index in [1.165, 1.54) is 11.1 Å². The molecule has 1 aromatic carbocycles. The van der Waals surface area contributed by atoms with Gasteiger partial charge in [0.2, 0.25) is 0 Å². The van der Waals surface area contributed by atoms with Crippen molar-refractivity contribution >= 4 is 22.6 Å². The summed E-state index contributed by atoms with van der Waals surface area (Å²) >= 11 is 5.94. The summed E-state index contributed by atoms with van der Waals surface area (Å²) < 4.78 is 2.08. The fourth-order valence-corrected chi connectivity index (χ4v) is 1.92. The van der Waals surface area contributed by atoms with Gasteiger partial charge in [0.1, 0.15) is 5.82 Å². The molecule has 0 spiro atoms. The summed E-state index contributed by atoms with van der Waals surface area (Å²) in [6.45, 7) is 4.04. The molecule has 0 amide bonds. The molecule has 0 unspecified atom stereocenters. The lowest BCUT2D eigenvalue weighted by Crippen LogP contribution is -1.91. The van der Waals surface area contributed by atoms with Crippen molar-refractivity contribution in [3.8, 4) is 0 Å². The quantitative estimate of drug-likeness (QED) is 0.631. The smallest absolute Gasteiger partial charge is 0.106 e. The van der Waals surface area contributed by atoms with Crippen molar-refractivity contribution in [3.05, 3.63) is 28.5 Å². The fourth-order valence-electron chi connectivity index (χ4n) is 1.65. The Kier molecular flexibility index (Phi) is 1.81. The van der Waals surface area contributed by atoms with E-state index in [2.05, 4.69) is 16.5 Å². The maximum atomic E-state index is 5.94. The van der Waals surface area contributed by atoms with Crippen LogP contribution in [0.25, 0.3) is 11.0 Å². The van der Waals surface area contributed by atoms with E-state index in [-0.39, 0.29) is 0 Å². The zero-order valence-corrected chi connectivity index (χ0v) is 8.68. The van der Waals surface area contributed by atoms with E-state index in [9.17, 15) is 0 Å². The summed E-state index contributed by atoms with van der Waals surface area (Å²) in [4.78, 5) is 4.41. The molecule has 13 heavy (non-hydrogen) atoms. The zero-order chi connectivity index (χ0) is 9.59. The predicted octanol–water partition coefficient (Wildman–Crippen LogP) is 2.84. The van der Waals surface area contributed by atoms with Crippen LogP contribution in [0, 0.1) is 13.8 Å². The first-order chi connectivity index (χ1) is 6.09. The SMILES string of the molecule is Cc1cc(Cl)cc2nc(C)n(C)c12. The number of hydrogen-bond donors (Lipinski definition) is 0. The van der Waals surface area contributed by atoms with Gasteiger partial charge >= 0.3 is 0 Å². The highest BCUT2D eigenvalue weighted by Crippen LogP contribution is 2.23. The molecular formula is C10H11ClN2. The molecule has 0 bridgehead atoms. The minimum atomic E-state index is 0.753. The van der Waals surface area contributed by atoms with E-state index < -0.39 is 0 Å². The lowest BCUT2D eigenvalue weighted by molar-refractivity contribution is 0.883. The van der Waals surface area contributed by atoms with Gasteiger partial charge in [0.15, 0.2) is 0 Å². The molecule has 0 N–H and O–H groups in total. The first-order valence-corrected chi connectivity index (χ1v) is 4.56. The summed E-state index contributed by atoms with van der Waals surface area (Å²) in [7, 11) is 2.02. The van der Waals surface area contributed by atoms with Crippen molar-refractivity contribution in [1.29, 1.82) is 0 Å². The summed E-state index contributed by atoms with van der Waals surface area (Å²) in [5.74, 6) is 1.01. The highest BCUT2D eigenvalue weighted by molar-refractivity contribution is 6.31. The number of rotatable bonds is 0. The third-order valence-corrected chi connectivity index (χ3v) is 2.57. The number of hydrogen-bond acceptors (Lipinski definition) is 1. The van der Waals surface area contributed by atoms with Crippen LogP contribution in [0.3, 0.4) is 0 Å². The molecule has 0 saturated carbocycles. The molecule has 0 aliphatic carbocycles. The Hall–Kier alpha value is -1.02. The third-order valence-electron chi connectivity index (χ3n) is 2.35. The number of nitrogens with zero attached hydrogens (tertiary/aromatic N) is 2. The second-order valence-electron chi connectivity index (χ2n) is 3.31. The minimum Gasteiger partial charge on any atom is -0.331 e. The van der Waals surface area contributed by atoms with Gasteiger partial charge < -0.3 is 4.57 Å². The number of fused-ring (bicyclic) bond motifs is 1. The molecule has 0 saturated heterocycles. The fraction of sp³-hybridized carbons (Fsp3) is 0.300. The van der Waals surface area contributed by atoms with Gasteiger partial charge in [-0.25, -0.2) is 4.98 Å². The lowest BCUT2D eigenvalue weighted by atomic mass is 10.2. The average Bonchev–Trinajstić information content (AvgIpc) is 2.27. The molecule has 0 aliphatic heterocycles. The molecule has 1 heterocycles. The highest BCUT2D eigenvalue weighted by atomic mass is 35.5. The van der Waals surface area contributed by atoms with E-state index in [1.54, 1.807) is 0 Å². The number of halogens is 1. The van der Waals surface area contributed by atoms with Crippen LogP contribution in [-0.2, 0) is 7.05 Å². The van der Waals surface area contributed by atoms with Crippen LogP contribution >= 0.6 is 11.6 Å². The van der Waals surface area contributed by atoms with Crippen LogP contribution in [0.4, 0.5) is 0 Å². The number of aromatic nitrogens is 2. The van der Waals surface area contributed by atoms with Crippen LogP contribution in [0.1, 0.15) is 11.4 Å². The van der Waals surface area contributed by atoms with Crippen LogP contribution in [0.5, 0.6) is 0 Å². The summed E-state index contributed by atoms with van der Waals surface area (Å²) in [5.41, 5.74) is 3.32. The molecule has 1 aromatic heterocycles. The second kappa shape index (κ2) is 2.74. The van der Waals surface area contributed by atoms with Crippen LogP contribution in [0.15, 0.2) is 12.1 Å². The number of benzene rings is 1. The predicted molar refractivity (Wildman–Crippen MR) is 55.2 cm³/mol. The first kappa shape index (κ1) is 8.57. The third kappa shape index (κ3) is 1.22. The molecule has 3 heteroatoms. The Bertz CT molecular complexity index is 471. The van der Waals surface area contributed by atoms with Gasteiger partial charge in [-0.05, 0) is 31.5 Å². The Morgan fingerprint density at radius 1 is 1.31 bits per heavy atom. The maximum Gasteiger partial charge on any atom is 0.106 e. The van der Waals surface area contributed by atoms with Crippen molar-refractivity contribution in [2.24, 2.45) is 7.05 Å². The zero-order valence-electron chi connectivity index (χ0n) is 7.93. The van der Waals surface area contributed by atoms with Crippen molar-refractivity contribution in [2.75, 3.05) is 0 Å². The molecule has 0 fully saturated rings. The Balaban J connectivity index is 2.94. The molecule has 2 rings (SSSR count). The highest BCUT2D eigenvalue weighted by Gasteiger charge is 2.07. The summed E-state index contributed by atoms with van der Waals surface area (Å²) in [6.07, 6.45) is 0. The molecule has 0 atom stereocenters. The van der Waals surface area contributed by atoms with Gasteiger partial charge in [-0.1, -0.05) is 11.6 Å². The van der Waals surface area contributed by atoms with E-state index in [1.807, 2.05) is 26.1 Å². The summed E-state index contributed by atoms with van der Waals surface area (Å²) in [5, 5.41) is 0.753. The van der Waals surface area contributed by atoms with Crippen LogP contribution in [-0.4, -0.2) is 9.55 Å². The lowest BCUT2D eigenvalue weighted by Gasteiger charge is -2.00. The van der Waals surface area contributed by atoms with Crippen LogP contribution < -0.4 is 0 Å². The van der Waals surface area contributed by atoms with Gasteiger partial charge in [-0.15, -0.1) is 0 Å². The topological polar surface area (TPSA) is 17.8 Å². The van der Waals surface area contributed by atoms with Crippen molar-refractivity contribution < 1.29 is 0 Å². The Morgan fingerprint density at radius 3 is 2.69 bits per heavy atom. The van der Waals surface area contributed by atoms with Gasteiger partial charge in [-0.2, -0.15) is 0 Å². The Morgan fingerprint density at radius 2 is 2.00 bits per heavy atom. The normalized spacial score (nSPS) is 11.1. The maximum absolute atomic E-state index is 5.94. The number of aryl methyl sites for hydroxylation is 3. The molecular weight excluding hydrogens is 184 g/mol. The van der Waals surface area contributed by atoms with E-state index >= 15 is 0 Å². The molecule has 0 aliphatic rings. The van der Waals surface area contributed by atoms with E-state index in [0.29, 0.717) is 0 Å². The van der Waals surface area contributed by atoms with Crippen LogP contribution in [0.2, 0.25) is 5.02 Å². The van der Waals surface area contributed by atoms with Crippen molar-refractivity contribution in [1.82, 2.24) is 9.55 Å². The largest absolute Gasteiger partial charge is 0.331 e. The van der Waals surface area contributed by atoms with E-state index in [0.717, 1.165) is 16.4 Å². The van der Waals surface area contributed by atoms with Gasteiger partial charge in [0.05, 0.1) is 11.0 Å². The molecule has 68 valence electrons. The van der Waals surface area contributed by atoms with Gasteiger partial charge in [0, 0.05) is 12.1 Å². The first-order valence-electron chi connectivity index (χ1n) is 4.19. The standard InChI is InChI=1S/C10H11ClN2/c1-6-4-8(11)5-9-10(6)13(3)7(2)12-9/h4-5H,1-3H3. The Labute approximate surface area is 82.1 Å². The van der Waals surface area contributed by atoms with Crippen molar-refractivity contribution in [2.45, 2.75) is 13.8 Å². The van der Waals surface area contributed by atoms with E-state index in [4.69, 9.17) is 11.6 Å². The second-order valence-corrected chi connectivity index (χ2v) is 3.74. The number of imidazole rings is 1. The van der Waals surface area contributed by atoms with Crippen molar-refractivity contribution in [3.63, 3.8) is 0 Å². The molecule has 2 nitrogen and oxygen atoms in total. The monoisotopic (exact) mass is 194 g/mol. The van der Waals surface area contributed by atoms with Gasteiger partial charge in [0.25, 0.3) is 0 Å². The average molecular weight is 195 g/mol. The summed E-state index contributed by atoms with van der Waals surface area (Å²) in [6, 6.07) is 3.86. The molecule has 0 radical (unpaired) electrons.